The maximum Gasteiger partial charge on any atom is 0.332 e. The van der Waals surface area contributed by atoms with Crippen LogP contribution in [0, 0.1) is 5.92 Å². The number of ketones is 1. The number of carbonyl (C=O) groups excluding carboxylic acids is 1. The fourth-order valence-electron chi connectivity index (χ4n) is 3.20. The van der Waals surface area contributed by atoms with Crippen molar-refractivity contribution in [3.8, 4) is 23.0 Å². The average Bonchev–Trinajstić information content (AvgIpc) is 3.42. The van der Waals surface area contributed by atoms with E-state index in [1.165, 1.54) is 11.6 Å². The smallest absolute Gasteiger partial charge is 0.332 e. The molecule has 0 atom stereocenters. The second-order valence-electron chi connectivity index (χ2n) is 7.56. The number of carbonyl (C=O) groups is 1. The molecule has 3 aromatic rings. The van der Waals surface area contributed by atoms with Gasteiger partial charge in [-0.1, -0.05) is 25.6 Å². The normalized spacial score (nSPS) is 12.5. The highest BCUT2D eigenvalue weighted by Crippen LogP contribution is 2.36. The highest BCUT2D eigenvalue weighted by molar-refractivity contribution is 7.99. The van der Waals surface area contributed by atoms with Crippen molar-refractivity contribution in [2.24, 2.45) is 13.0 Å². The van der Waals surface area contributed by atoms with Gasteiger partial charge in [-0.15, -0.1) is 10.2 Å². The highest BCUT2D eigenvalue weighted by Gasteiger charge is 2.23. The molecule has 0 saturated carbocycles. The molecule has 0 amide bonds. The lowest BCUT2D eigenvalue weighted by molar-refractivity contribution is 0.102. The van der Waals surface area contributed by atoms with Crippen molar-refractivity contribution in [3.05, 3.63) is 44.6 Å². The molecule has 0 aliphatic carbocycles. The van der Waals surface area contributed by atoms with E-state index in [-0.39, 0.29) is 47.5 Å². The Morgan fingerprint density at radius 2 is 1.97 bits per heavy atom. The molecule has 2 aromatic heterocycles. The lowest BCUT2D eigenvalue weighted by atomic mass is 10.2. The van der Waals surface area contributed by atoms with Crippen LogP contribution < -0.4 is 26.5 Å². The quantitative estimate of drug-likeness (QED) is 0.408. The number of anilines is 1. The molecule has 3 heterocycles. The molecule has 0 fully saturated rings. The van der Waals surface area contributed by atoms with E-state index in [0.717, 1.165) is 16.3 Å². The first kappa shape index (κ1) is 21.7. The molecule has 1 aliphatic heterocycles. The minimum atomic E-state index is -0.732. The van der Waals surface area contributed by atoms with E-state index in [2.05, 4.69) is 10.2 Å². The van der Waals surface area contributed by atoms with Crippen molar-refractivity contribution in [3.63, 3.8) is 0 Å². The molecule has 1 aliphatic rings. The third-order valence-corrected chi connectivity index (χ3v) is 5.58. The number of nitrogen functional groups attached to an aromatic ring is 1. The molecule has 12 heteroatoms. The largest absolute Gasteiger partial charge is 0.454 e. The third kappa shape index (κ3) is 4.00. The average molecular weight is 459 g/mol. The van der Waals surface area contributed by atoms with Crippen molar-refractivity contribution in [2.45, 2.75) is 25.6 Å². The number of benzene rings is 1. The lowest BCUT2D eigenvalue weighted by Gasteiger charge is -2.15. The van der Waals surface area contributed by atoms with Gasteiger partial charge in [0, 0.05) is 19.2 Å². The second-order valence-corrected chi connectivity index (χ2v) is 8.49. The Morgan fingerprint density at radius 3 is 2.72 bits per heavy atom. The number of thioether (sulfide) groups is 1. The Labute approximate surface area is 186 Å². The zero-order valence-corrected chi connectivity index (χ0v) is 18.5. The molecule has 11 nitrogen and oxygen atoms in total. The lowest BCUT2D eigenvalue weighted by Crippen LogP contribution is -2.43. The van der Waals surface area contributed by atoms with E-state index in [1.54, 1.807) is 18.2 Å². The summed E-state index contributed by atoms with van der Waals surface area (Å²) in [7, 11) is 1.32. The predicted octanol–water partition coefficient (Wildman–Crippen LogP) is 1.54. The summed E-state index contributed by atoms with van der Waals surface area (Å²) in [6.07, 6.45) is 0. The Balaban J connectivity index is 1.53. The Hall–Kier alpha value is -3.54. The first-order valence-corrected chi connectivity index (χ1v) is 10.7. The van der Waals surface area contributed by atoms with Gasteiger partial charge in [-0.2, -0.15) is 0 Å². The van der Waals surface area contributed by atoms with Crippen LogP contribution in [-0.4, -0.2) is 37.7 Å². The van der Waals surface area contributed by atoms with Crippen molar-refractivity contribution < 1.29 is 18.7 Å². The fourth-order valence-corrected chi connectivity index (χ4v) is 3.84. The van der Waals surface area contributed by atoms with Gasteiger partial charge in [0.1, 0.15) is 11.4 Å². The number of hydrogen-bond donors (Lipinski definition) is 1. The van der Waals surface area contributed by atoms with Gasteiger partial charge >= 0.3 is 5.69 Å². The Morgan fingerprint density at radius 1 is 1.22 bits per heavy atom. The van der Waals surface area contributed by atoms with Crippen LogP contribution in [0.5, 0.6) is 11.5 Å². The van der Waals surface area contributed by atoms with E-state index >= 15 is 0 Å². The van der Waals surface area contributed by atoms with Crippen molar-refractivity contribution in [1.82, 2.24) is 19.3 Å². The molecule has 0 radical (unpaired) electrons. The highest BCUT2D eigenvalue weighted by atomic mass is 32.2. The molecule has 0 bridgehead atoms. The molecular formula is C20H21N5O6S. The summed E-state index contributed by atoms with van der Waals surface area (Å²) in [5.41, 5.74) is 5.16. The van der Waals surface area contributed by atoms with Crippen LogP contribution in [0.2, 0.25) is 0 Å². The van der Waals surface area contributed by atoms with E-state index < -0.39 is 17.0 Å². The van der Waals surface area contributed by atoms with Crippen LogP contribution >= 0.6 is 11.8 Å². The van der Waals surface area contributed by atoms with E-state index in [1.807, 2.05) is 13.8 Å². The molecule has 1 aromatic carbocycles. The third-order valence-electron chi connectivity index (χ3n) is 4.76. The molecule has 32 heavy (non-hydrogen) atoms. The maximum absolute atomic E-state index is 12.8. The minimum absolute atomic E-state index is 0.0952. The zero-order chi connectivity index (χ0) is 23.0. The molecule has 0 unspecified atom stereocenters. The first-order chi connectivity index (χ1) is 15.3. The summed E-state index contributed by atoms with van der Waals surface area (Å²) < 4.78 is 18.4. The van der Waals surface area contributed by atoms with Crippen LogP contribution in [0.4, 0.5) is 5.82 Å². The van der Waals surface area contributed by atoms with Crippen LogP contribution in [0.3, 0.4) is 0 Å². The molecule has 168 valence electrons. The topological polar surface area (TPSA) is 144 Å². The van der Waals surface area contributed by atoms with Crippen molar-refractivity contribution in [1.29, 1.82) is 0 Å². The SMILES string of the molecule is CC(C)Cn1c(N)c(C(=O)CSc2nnc(-c3ccc4c(c3)OCO4)o2)c(=O)n(C)c1=O. The monoisotopic (exact) mass is 459 g/mol. The molecule has 0 saturated heterocycles. The number of fused-ring (bicyclic) bond motifs is 1. The van der Waals surface area contributed by atoms with Crippen LogP contribution in [0.1, 0.15) is 24.2 Å². The van der Waals surface area contributed by atoms with Gasteiger partial charge in [0.25, 0.3) is 10.8 Å². The molecule has 2 N–H and O–H groups in total. The van der Waals surface area contributed by atoms with E-state index in [0.29, 0.717) is 17.1 Å². The molecule has 4 rings (SSSR count). The molecule has 0 spiro atoms. The van der Waals surface area contributed by atoms with Crippen LogP contribution in [0.15, 0.2) is 37.4 Å². The van der Waals surface area contributed by atoms with E-state index in [4.69, 9.17) is 19.6 Å². The number of nitrogens with zero attached hydrogens (tertiary/aromatic N) is 4. The second kappa shape index (κ2) is 8.54. The van der Waals surface area contributed by atoms with E-state index in [9.17, 15) is 14.4 Å². The van der Waals surface area contributed by atoms with Gasteiger partial charge in [0.2, 0.25) is 12.7 Å². The van der Waals surface area contributed by atoms with Gasteiger partial charge in [-0.05, 0) is 24.1 Å². The number of nitrogens with two attached hydrogens (primary N) is 1. The molecular weight excluding hydrogens is 438 g/mol. The standard InChI is InChI=1S/C20H21N5O6S/c1-10(2)7-25-16(21)15(18(27)24(3)20(25)28)12(26)8-32-19-23-22-17(31-19)11-4-5-13-14(6-11)30-9-29-13/h4-6,10H,7-9,21H2,1-3H3. The fraction of sp³-hybridized carbons (Fsp3) is 0.350. The predicted molar refractivity (Wildman–Crippen MR) is 116 cm³/mol. The summed E-state index contributed by atoms with van der Waals surface area (Å²) in [6.45, 7) is 4.25. The van der Waals surface area contributed by atoms with Crippen LogP contribution in [0.25, 0.3) is 11.5 Å². The van der Waals surface area contributed by atoms with Gasteiger partial charge in [0.15, 0.2) is 17.3 Å². The Kier molecular flexibility index (Phi) is 5.78. The van der Waals surface area contributed by atoms with Gasteiger partial charge in [-0.3, -0.25) is 18.7 Å². The van der Waals surface area contributed by atoms with Crippen molar-refractivity contribution >= 4 is 23.4 Å². The maximum atomic E-state index is 12.8. The van der Waals surface area contributed by atoms with Crippen LogP contribution in [-0.2, 0) is 13.6 Å². The van der Waals surface area contributed by atoms with Gasteiger partial charge in [0.05, 0.1) is 5.75 Å². The number of rotatable bonds is 7. The summed E-state index contributed by atoms with van der Waals surface area (Å²) in [6, 6.07) is 5.21. The summed E-state index contributed by atoms with van der Waals surface area (Å²) >= 11 is 0.975. The number of aromatic nitrogens is 4. The van der Waals surface area contributed by atoms with Crippen molar-refractivity contribution in [2.75, 3.05) is 18.3 Å². The Bertz CT molecular complexity index is 1310. The summed E-state index contributed by atoms with van der Waals surface area (Å²) in [5.74, 6) is 0.719. The first-order valence-electron chi connectivity index (χ1n) is 9.75. The minimum Gasteiger partial charge on any atom is -0.454 e. The van der Waals surface area contributed by atoms with Gasteiger partial charge < -0.3 is 19.6 Å². The zero-order valence-electron chi connectivity index (χ0n) is 17.7. The number of ether oxygens (including phenoxy) is 2. The summed E-state index contributed by atoms with van der Waals surface area (Å²) in [4.78, 5) is 37.8. The number of hydrogen-bond acceptors (Lipinski definition) is 10. The summed E-state index contributed by atoms with van der Waals surface area (Å²) in [5, 5.41) is 8.08. The van der Waals surface area contributed by atoms with Gasteiger partial charge in [-0.25, -0.2) is 4.79 Å². The number of Topliss-reactive ketones (excluding diaryl/α,β-unsaturated/α-hetero) is 1.